The van der Waals surface area contributed by atoms with Crippen LogP contribution in [0.5, 0.6) is 0 Å². The average molecular weight is 359 g/mol. The molecule has 138 valence electrons. The van der Waals surface area contributed by atoms with Crippen LogP contribution >= 0.6 is 0 Å². The smallest absolute Gasteiger partial charge is 0.337 e. The summed E-state index contributed by atoms with van der Waals surface area (Å²) in [4.78, 5) is 15.7. The number of aromatic nitrogens is 1. The number of aromatic amines is 1. The van der Waals surface area contributed by atoms with Gasteiger partial charge in [0, 0.05) is 22.0 Å². The highest BCUT2D eigenvalue weighted by atomic mass is 16.5. The predicted molar refractivity (Wildman–Crippen MR) is 107 cm³/mol. The highest BCUT2D eigenvalue weighted by Gasteiger charge is 2.42. The van der Waals surface area contributed by atoms with Gasteiger partial charge in [-0.2, -0.15) is 0 Å². The first-order valence-electron chi connectivity index (χ1n) is 9.90. The third kappa shape index (κ3) is 2.95. The van der Waals surface area contributed by atoms with Crippen LogP contribution in [0, 0.1) is 0 Å². The molecule has 0 aliphatic heterocycles. The molecule has 0 amide bonds. The van der Waals surface area contributed by atoms with Gasteiger partial charge in [-0.1, -0.05) is 31.2 Å². The number of benzene rings is 2. The average Bonchev–Trinajstić information content (AvgIpc) is 3.61. The first-order chi connectivity index (χ1) is 13.1. The van der Waals surface area contributed by atoms with Crippen molar-refractivity contribution in [3.8, 4) is 0 Å². The molecule has 3 nitrogen and oxygen atoms in total. The molecule has 2 fully saturated rings. The Hall–Kier alpha value is -2.55. The minimum atomic E-state index is -0.278. The second-order valence-corrected chi connectivity index (χ2v) is 8.49. The van der Waals surface area contributed by atoms with Gasteiger partial charge in [0.05, 0.1) is 12.7 Å². The molecule has 27 heavy (non-hydrogen) atoms. The van der Waals surface area contributed by atoms with Gasteiger partial charge in [0.1, 0.15) is 0 Å². The lowest BCUT2D eigenvalue weighted by Gasteiger charge is -2.11. The molecule has 2 aliphatic carbocycles. The summed E-state index contributed by atoms with van der Waals surface area (Å²) in [7, 11) is 1.43. The lowest BCUT2D eigenvalue weighted by Crippen LogP contribution is -2.06. The van der Waals surface area contributed by atoms with Crippen LogP contribution in [-0.2, 0) is 16.6 Å². The number of H-pyrrole nitrogens is 1. The standard InChI is InChI=1S/C24H25NO2/c1-24(10-11-24)22-20(13-15-4-3-5-18(12-15)23(26)27-2)19-9-8-17(16-6-7-16)14-21(19)25-22/h3-5,8-9,12,14,16,25H,6-7,10-11,13H2,1-2H3. The van der Waals surface area contributed by atoms with Crippen molar-refractivity contribution in [2.75, 3.05) is 7.11 Å². The number of nitrogens with one attached hydrogen (secondary N) is 1. The number of rotatable bonds is 5. The summed E-state index contributed by atoms with van der Waals surface area (Å²) < 4.78 is 4.88. The summed E-state index contributed by atoms with van der Waals surface area (Å²) in [5.41, 5.74) is 7.54. The maximum absolute atomic E-state index is 11.9. The molecule has 3 aromatic rings. The van der Waals surface area contributed by atoms with Crippen molar-refractivity contribution in [3.63, 3.8) is 0 Å². The summed E-state index contributed by atoms with van der Waals surface area (Å²) in [6.07, 6.45) is 5.96. The van der Waals surface area contributed by atoms with Crippen LogP contribution in [-0.4, -0.2) is 18.1 Å². The van der Waals surface area contributed by atoms with Crippen molar-refractivity contribution >= 4 is 16.9 Å². The van der Waals surface area contributed by atoms with Gasteiger partial charge in [0.2, 0.25) is 0 Å². The number of carbonyl (C=O) groups excluding carboxylic acids is 1. The van der Waals surface area contributed by atoms with E-state index in [4.69, 9.17) is 4.74 Å². The molecule has 0 unspecified atom stereocenters. The van der Waals surface area contributed by atoms with Crippen molar-refractivity contribution in [3.05, 3.63) is 70.4 Å². The fourth-order valence-corrected chi connectivity index (χ4v) is 4.21. The SMILES string of the molecule is COC(=O)c1cccc(Cc2c(C3(C)CC3)[nH]c3cc(C4CC4)ccc23)c1. The Kier molecular flexibility index (Phi) is 3.68. The lowest BCUT2D eigenvalue weighted by atomic mass is 9.93. The highest BCUT2D eigenvalue weighted by Crippen LogP contribution is 2.50. The van der Waals surface area contributed by atoms with E-state index in [1.54, 1.807) is 0 Å². The molecule has 2 aliphatic rings. The number of hydrogen-bond acceptors (Lipinski definition) is 2. The molecule has 1 N–H and O–H groups in total. The summed E-state index contributed by atoms with van der Waals surface area (Å²) in [5.74, 6) is 0.483. The van der Waals surface area contributed by atoms with Gasteiger partial charge in [-0.05, 0) is 72.9 Å². The zero-order valence-electron chi connectivity index (χ0n) is 16.0. The van der Waals surface area contributed by atoms with Crippen LogP contribution in [0.1, 0.15) is 71.3 Å². The van der Waals surface area contributed by atoms with Gasteiger partial charge in [0.25, 0.3) is 0 Å². The third-order valence-electron chi connectivity index (χ3n) is 6.31. The Morgan fingerprint density at radius 3 is 2.70 bits per heavy atom. The van der Waals surface area contributed by atoms with E-state index in [1.165, 1.54) is 60.5 Å². The van der Waals surface area contributed by atoms with E-state index in [1.807, 2.05) is 18.2 Å². The molecule has 0 saturated heterocycles. The Bertz CT molecular complexity index is 1040. The normalized spacial score (nSPS) is 17.9. The fraction of sp³-hybridized carbons (Fsp3) is 0.375. The minimum Gasteiger partial charge on any atom is -0.465 e. The Balaban J connectivity index is 1.58. The third-order valence-corrected chi connectivity index (χ3v) is 6.31. The van der Waals surface area contributed by atoms with E-state index in [-0.39, 0.29) is 11.4 Å². The molecular weight excluding hydrogens is 334 g/mol. The van der Waals surface area contributed by atoms with Crippen molar-refractivity contribution in [2.24, 2.45) is 0 Å². The first-order valence-corrected chi connectivity index (χ1v) is 9.90. The number of ether oxygens (including phenoxy) is 1. The van der Waals surface area contributed by atoms with Crippen LogP contribution in [0.25, 0.3) is 10.9 Å². The Labute approximate surface area is 159 Å². The zero-order valence-corrected chi connectivity index (χ0v) is 16.0. The van der Waals surface area contributed by atoms with Gasteiger partial charge < -0.3 is 9.72 Å². The molecule has 1 heterocycles. The number of methoxy groups -OCH3 is 1. The summed E-state index contributed by atoms with van der Waals surface area (Å²) >= 11 is 0. The molecular formula is C24H25NO2. The van der Waals surface area contributed by atoms with Gasteiger partial charge in [0.15, 0.2) is 0 Å². The highest BCUT2D eigenvalue weighted by molar-refractivity contribution is 5.90. The maximum Gasteiger partial charge on any atom is 0.337 e. The number of esters is 1. The summed E-state index contributed by atoms with van der Waals surface area (Å²) in [6.45, 7) is 2.36. The summed E-state index contributed by atoms with van der Waals surface area (Å²) in [5, 5.41) is 1.32. The van der Waals surface area contributed by atoms with Gasteiger partial charge in [-0.3, -0.25) is 0 Å². The second-order valence-electron chi connectivity index (χ2n) is 8.49. The molecule has 2 saturated carbocycles. The molecule has 2 aromatic carbocycles. The monoisotopic (exact) mass is 359 g/mol. The Morgan fingerprint density at radius 1 is 1.19 bits per heavy atom. The van der Waals surface area contributed by atoms with E-state index >= 15 is 0 Å². The van der Waals surface area contributed by atoms with Crippen LogP contribution in [0.4, 0.5) is 0 Å². The van der Waals surface area contributed by atoms with Crippen molar-refractivity contribution in [1.29, 1.82) is 0 Å². The molecule has 3 heteroatoms. The first kappa shape index (κ1) is 16.6. The van der Waals surface area contributed by atoms with E-state index in [0.717, 1.165) is 17.9 Å². The van der Waals surface area contributed by atoms with Crippen LogP contribution in [0.15, 0.2) is 42.5 Å². The van der Waals surface area contributed by atoms with E-state index in [0.29, 0.717) is 5.56 Å². The molecule has 0 radical (unpaired) electrons. The van der Waals surface area contributed by atoms with Crippen LogP contribution in [0.2, 0.25) is 0 Å². The Morgan fingerprint density at radius 2 is 2.00 bits per heavy atom. The molecule has 1 aromatic heterocycles. The fourth-order valence-electron chi connectivity index (χ4n) is 4.21. The summed E-state index contributed by atoms with van der Waals surface area (Å²) in [6, 6.07) is 14.8. The van der Waals surface area contributed by atoms with Crippen molar-refractivity contribution in [2.45, 2.75) is 50.4 Å². The van der Waals surface area contributed by atoms with Crippen LogP contribution in [0.3, 0.4) is 0 Å². The predicted octanol–water partition coefficient (Wildman–Crippen LogP) is 5.47. The number of hydrogen-bond donors (Lipinski definition) is 1. The largest absolute Gasteiger partial charge is 0.465 e. The van der Waals surface area contributed by atoms with E-state index in [9.17, 15) is 4.79 Å². The van der Waals surface area contributed by atoms with Gasteiger partial charge >= 0.3 is 5.97 Å². The van der Waals surface area contributed by atoms with E-state index in [2.05, 4.69) is 36.2 Å². The maximum atomic E-state index is 11.9. The minimum absolute atomic E-state index is 0.272. The lowest BCUT2D eigenvalue weighted by molar-refractivity contribution is 0.0600. The molecule has 0 atom stereocenters. The quantitative estimate of drug-likeness (QED) is 0.613. The molecule has 5 rings (SSSR count). The van der Waals surface area contributed by atoms with Crippen LogP contribution < -0.4 is 0 Å². The van der Waals surface area contributed by atoms with Gasteiger partial charge in [-0.25, -0.2) is 4.79 Å². The topological polar surface area (TPSA) is 42.1 Å². The van der Waals surface area contributed by atoms with Gasteiger partial charge in [-0.15, -0.1) is 0 Å². The van der Waals surface area contributed by atoms with Crippen molar-refractivity contribution < 1.29 is 9.53 Å². The second kappa shape index (κ2) is 5.98. The molecule has 0 spiro atoms. The number of carbonyl (C=O) groups is 1. The molecule has 0 bridgehead atoms. The van der Waals surface area contributed by atoms with Crippen molar-refractivity contribution in [1.82, 2.24) is 4.98 Å². The van der Waals surface area contributed by atoms with E-state index < -0.39 is 0 Å². The zero-order chi connectivity index (χ0) is 18.6. The number of fused-ring (bicyclic) bond motifs is 1.